The van der Waals surface area contributed by atoms with Crippen LogP contribution < -0.4 is 5.32 Å². The highest BCUT2D eigenvalue weighted by atomic mass is 16.5. The van der Waals surface area contributed by atoms with Gasteiger partial charge in [-0.05, 0) is 25.5 Å². The van der Waals surface area contributed by atoms with E-state index in [4.69, 9.17) is 9.15 Å². The van der Waals surface area contributed by atoms with Gasteiger partial charge in [0.15, 0.2) is 0 Å². The zero-order valence-electron chi connectivity index (χ0n) is 11.1. The second kappa shape index (κ2) is 6.95. The molecule has 0 aliphatic heterocycles. The molecule has 0 radical (unpaired) electrons. The summed E-state index contributed by atoms with van der Waals surface area (Å²) in [6, 6.07) is 9.76. The summed E-state index contributed by atoms with van der Waals surface area (Å²) >= 11 is 0. The number of rotatable bonds is 7. The van der Waals surface area contributed by atoms with Crippen LogP contribution in [0, 0.1) is 0 Å². The van der Waals surface area contributed by atoms with Crippen LogP contribution >= 0.6 is 0 Å². The molecule has 0 saturated heterocycles. The van der Waals surface area contributed by atoms with Crippen molar-refractivity contribution in [1.29, 1.82) is 0 Å². The molecule has 102 valence electrons. The summed E-state index contributed by atoms with van der Waals surface area (Å²) in [5, 5.41) is 3.91. The molecule has 4 heteroatoms. The summed E-state index contributed by atoms with van der Waals surface area (Å²) in [6.45, 7) is 3.71. The zero-order chi connectivity index (χ0) is 13.5. The van der Waals surface area contributed by atoms with Crippen molar-refractivity contribution < 1.29 is 13.9 Å². The molecule has 0 saturated carbocycles. The molecule has 0 fully saturated rings. The molecule has 19 heavy (non-hydrogen) atoms. The molecule has 1 amide bonds. The topological polar surface area (TPSA) is 51.5 Å². The van der Waals surface area contributed by atoms with E-state index in [1.165, 1.54) is 0 Å². The van der Waals surface area contributed by atoms with E-state index in [9.17, 15) is 4.79 Å². The maximum absolute atomic E-state index is 11.6. The molecule has 0 atom stereocenters. The Kier molecular flexibility index (Phi) is 4.98. The molecule has 2 rings (SSSR count). The van der Waals surface area contributed by atoms with Gasteiger partial charge in [0.25, 0.3) is 0 Å². The average Bonchev–Trinajstić information content (AvgIpc) is 2.84. The normalized spacial score (nSPS) is 10.8. The van der Waals surface area contributed by atoms with Gasteiger partial charge in [-0.1, -0.05) is 18.2 Å². The van der Waals surface area contributed by atoms with E-state index >= 15 is 0 Å². The van der Waals surface area contributed by atoms with Crippen LogP contribution in [0.1, 0.15) is 25.5 Å². The predicted octanol–water partition coefficient (Wildman–Crippen LogP) is 2.87. The van der Waals surface area contributed by atoms with Crippen molar-refractivity contribution in [2.24, 2.45) is 0 Å². The van der Waals surface area contributed by atoms with Gasteiger partial charge < -0.3 is 14.5 Å². The smallest absolute Gasteiger partial charge is 0.220 e. The van der Waals surface area contributed by atoms with Gasteiger partial charge in [-0.15, -0.1) is 0 Å². The monoisotopic (exact) mass is 261 g/mol. The standard InChI is InChI=1S/C15H19NO3/c1-2-18-9-5-8-15(17)16-11-13-10-12-6-3-4-7-14(12)19-13/h3-4,6-7,10H,2,5,8-9,11H2,1H3,(H,16,17). The Bertz CT molecular complexity index is 500. The van der Waals surface area contributed by atoms with Crippen LogP contribution in [0.25, 0.3) is 11.0 Å². The lowest BCUT2D eigenvalue weighted by molar-refractivity contribution is -0.121. The van der Waals surface area contributed by atoms with Crippen molar-refractivity contribution in [3.05, 3.63) is 36.1 Å². The summed E-state index contributed by atoms with van der Waals surface area (Å²) in [7, 11) is 0. The Morgan fingerprint density at radius 1 is 1.37 bits per heavy atom. The molecule has 4 nitrogen and oxygen atoms in total. The zero-order valence-corrected chi connectivity index (χ0v) is 11.1. The minimum atomic E-state index is 0.0279. The van der Waals surface area contributed by atoms with Crippen LogP contribution in [-0.2, 0) is 16.1 Å². The Morgan fingerprint density at radius 2 is 2.21 bits per heavy atom. The number of carbonyl (C=O) groups excluding carboxylic acids is 1. The van der Waals surface area contributed by atoms with Crippen LogP contribution in [0.2, 0.25) is 0 Å². The van der Waals surface area contributed by atoms with Crippen LogP contribution in [0.4, 0.5) is 0 Å². The molecule has 0 bridgehead atoms. The first-order chi connectivity index (χ1) is 9.29. The highest BCUT2D eigenvalue weighted by Gasteiger charge is 2.05. The van der Waals surface area contributed by atoms with Gasteiger partial charge in [-0.25, -0.2) is 0 Å². The number of nitrogens with one attached hydrogen (secondary N) is 1. The van der Waals surface area contributed by atoms with Crippen molar-refractivity contribution in [1.82, 2.24) is 5.32 Å². The summed E-state index contributed by atoms with van der Waals surface area (Å²) in [6.07, 6.45) is 1.24. The summed E-state index contributed by atoms with van der Waals surface area (Å²) in [4.78, 5) is 11.6. The van der Waals surface area contributed by atoms with E-state index in [0.717, 1.165) is 23.2 Å². The van der Waals surface area contributed by atoms with Crippen molar-refractivity contribution in [3.63, 3.8) is 0 Å². The van der Waals surface area contributed by atoms with Gasteiger partial charge in [-0.2, -0.15) is 0 Å². The van der Waals surface area contributed by atoms with Crippen LogP contribution in [-0.4, -0.2) is 19.1 Å². The van der Waals surface area contributed by atoms with Crippen LogP contribution in [0.15, 0.2) is 34.7 Å². The van der Waals surface area contributed by atoms with E-state index in [1.54, 1.807) is 0 Å². The maximum atomic E-state index is 11.6. The fraction of sp³-hybridized carbons (Fsp3) is 0.400. The van der Waals surface area contributed by atoms with E-state index < -0.39 is 0 Å². The predicted molar refractivity (Wildman–Crippen MR) is 73.8 cm³/mol. The quantitative estimate of drug-likeness (QED) is 0.780. The molecule has 0 aliphatic rings. The van der Waals surface area contributed by atoms with Gasteiger partial charge in [0.1, 0.15) is 11.3 Å². The Labute approximate surface area is 112 Å². The number of ether oxygens (including phenoxy) is 1. The molecular formula is C15H19NO3. The van der Waals surface area contributed by atoms with Crippen LogP contribution in [0.5, 0.6) is 0 Å². The molecule has 1 aromatic heterocycles. The third-order valence-electron chi connectivity index (χ3n) is 2.83. The molecule has 0 aliphatic carbocycles. The highest BCUT2D eigenvalue weighted by Crippen LogP contribution is 2.18. The van der Waals surface area contributed by atoms with Gasteiger partial charge in [0, 0.05) is 25.0 Å². The van der Waals surface area contributed by atoms with Gasteiger partial charge in [0.05, 0.1) is 6.54 Å². The second-order valence-electron chi connectivity index (χ2n) is 4.33. The Morgan fingerprint density at radius 3 is 3.00 bits per heavy atom. The first-order valence-corrected chi connectivity index (χ1v) is 6.61. The number of para-hydroxylation sites is 1. The highest BCUT2D eigenvalue weighted by molar-refractivity contribution is 5.78. The summed E-state index contributed by atoms with van der Waals surface area (Å²) < 4.78 is 10.8. The maximum Gasteiger partial charge on any atom is 0.220 e. The lowest BCUT2D eigenvalue weighted by atomic mass is 10.2. The van der Waals surface area contributed by atoms with Crippen molar-refractivity contribution in [2.45, 2.75) is 26.3 Å². The van der Waals surface area contributed by atoms with Crippen molar-refractivity contribution in [3.8, 4) is 0 Å². The largest absolute Gasteiger partial charge is 0.459 e. The van der Waals surface area contributed by atoms with E-state index in [-0.39, 0.29) is 5.91 Å². The van der Waals surface area contributed by atoms with Crippen molar-refractivity contribution >= 4 is 16.9 Å². The number of furan rings is 1. The van der Waals surface area contributed by atoms with E-state index in [1.807, 2.05) is 37.3 Å². The summed E-state index contributed by atoms with van der Waals surface area (Å²) in [5.74, 6) is 0.805. The SMILES string of the molecule is CCOCCCC(=O)NCc1cc2ccccc2o1. The molecule has 1 aromatic carbocycles. The molecular weight excluding hydrogens is 242 g/mol. The molecule has 1 N–H and O–H groups in total. The van der Waals surface area contributed by atoms with Gasteiger partial charge >= 0.3 is 0 Å². The van der Waals surface area contributed by atoms with E-state index in [0.29, 0.717) is 26.2 Å². The lowest BCUT2D eigenvalue weighted by Gasteiger charge is -2.03. The average molecular weight is 261 g/mol. The minimum Gasteiger partial charge on any atom is -0.459 e. The third kappa shape index (κ3) is 4.10. The second-order valence-corrected chi connectivity index (χ2v) is 4.33. The number of fused-ring (bicyclic) bond motifs is 1. The lowest BCUT2D eigenvalue weighted by Crippen LogP contribution is -2.22. The fourth-order valence-corrected chi connectivity index (χ4v) is 1.88. The Hall–Kier alpha value is -1.81. The molecule has 2 aromatic rings. The minimum absolute atomic E-state index is 0.0279. The van der Waals surface area contributed by atoms with E-state index in [2.05, 4.69) is 5.32 Å². The number of hydrogen-bond donors (Lipinski definition) is 1. The fourth-order valence-electron chi connectivity index (χ4n) is 1.88. The molecule has 1 heterocycles. The van der Waals surface area contributed by atoms with Crippen molar-refractivity contribution in [2.75, 3.05) is 13.2 Å². The number of hydrogen-bond acceptors (Lipinski definition) is 3. The molecule has 0 spiro atoms. The Balaban J connectivity index is 1.77. The first-order valence-electron chi connectivity index (χ1n) is 6.61. The van der Waals surface area contributed by atoms with Gasteiger partial charge in [-0.3, -0.25) is 4.79 Å². The number of amides is 1. The number of benzene rings is 1. The van der Waals surface area contributed by atoms with Crippen LogP contribution in [0.3, 0.4) is 0 Å². The van der Waals surface area contributed by atoms with Gasteiger partial charge in [0.2, 0.25) is 5.91 Å². The first kappa shape index (κ1) is 13.6. The number of carbonyl (C=O) groups is 1. The molecule has 0 unspecified atom stereocenters. The summed E-state index contributed by atoms with van der Waals surface area (Å²) in [5.41, 5.74) is 0.850. The third-order valence-corrected chi connectivity index (χ3v) is 2.83.